The molecule has 4 nitrogen and oxygen atoms in total. The highest BCUT2D eigenvalue weighted by molar-refractivity contribution is 6.20. The van der Waals surface area contributed by atoms with Crippen molar-refractivity contribution in [2.24, 2.45) is 0 Å². The summed E-state index contributed by atoms with van der Waals surface area (Å²) in [5.41, 5.74) is 0.463. The summed E-state index contributed by atoms with van der Waals surface area (Å²) in [6, 6.07) is 1.62. The molecule has 1 heterocycles. The van der Waals surface area contributed by atoms with Gasteiger partial charge in [0.1, 0.15) is 5.69 Å². The van der Waals surface area contributed by atoms with Crippen LogP contribution >= 0.6 is 11.6 Å². The topological polar surface area (TPSA) is 57.8 Å². The Balaban J connectivity index is 2.28. The molecule has 0 saturated carbocycles. The minimum Gasteiger partial charge on any atom is -0.349 e. The normalized spacial score (nSPS) is 12.4. The number of hydrogen-bond donors (Lipinski definition) is 2. The van der Waals surface area contributed by atoms with Crippen molar-refractivity contribution in [3.05, 3.63) is 18.0 Å². The molecule has 0 radical (unpaired) electrons. The summed E-state index contributed by atoms with van der Waals surface area (Å²) in [6.45, 7) is 2.55. The molecule has 1 unspecified atom stereocenters. The Hall–Kier alpha value is -1.03. The van der Waals surface area contributed by atoms with Gasteiger partial charge in [0.2, 0.25) is 0 Å². The number of rotatable bonds is 5. The van der Waals surface area contributed by atoms with E-state index in [1.165, 1.54) is 0 Å². The van der Waals surface area contributed by atoms with Gasteiger partial charge in [-0.1, -0.05) is 13.3 Å². The zero-order valence-corrected chi connectivity index (χ0v) is 8.84. The molecule has 78 valence electrons. The molecular weight excluding hydrogens is 202 g/mol. The average molecular weight is 216 g/mol. The lowest BCUT2D eigenvalue weighted by Crippen LogP contribution is -2.29. The second-order valence-electron chi connectivity index (χ2n) is 3.07. The number of aromatic nitrogens is 2. The third-order valence-electron chi connectivity index (χ3n) is 1.83. The van der Waals surface area contributed by atoms with Crippen molar-refractivity contribution < 1.29 is 4.79 Å². The van der Waals surface area contributed by atoms with Crippen LogP contribution in [0.2, 0.25) is 0 Å². The van der Waals surface area contributed by atoms with Gasteiger partial charge in [-0.3, -0.25) is 9.89 Å². The molecular formula is C9H14ClN3O. The fourth-order valence-electron chi connectivity index (χ4n) is 1.10. The van der Waals surface area contributed by atoms with Crippen LogP contribution in [0.15, 0.2) is 12.3 Å². The number of carbonyl (C=O) groups excluding carboxylic acids is 1. The van der Waals surface area contributed by atoms with Crippen LogP contribution in [-0.2, 0) is 0 Å². The van der Waals surface area contributed by atoms with Gasteiger partial charge in [-0.25, -0.2) is 0 Å². The Morgan fingerprint density at radius 2 is 2.57 bits per heavy atom. The maximum absolute atomic E-state index is 11.4. The summed E-state index contributed by atoms with van der Waals surface area (Å²) in [5.74, 6) is -0.163. The smallest absolute Gasteiger partial charge is 0.269 e. The number of nitrogens with zero attached hydrogens (tertiary/aromatic N) is 1. The van der Waals surface area contributed by atoms with Crippen molar-refractivity contribution in [3.63, 3.8) is 0 Å². The van der Waals surface area contributed by atoms with E-state index in [1.54, 1.807) is 12.3 Å². The number of hydrogen-bond acceptors (Lipinski definition) is 2. The largest absolute Gasteiger partial charge is 0.349 e. The van der Waals surface area contributed by atoms with E-state index in [0.717, 1.165) is 12.8 Å². The highest BCUT2D eigenvalue weighted by atomic mass is 35.5. The van der Waals surface area contributed by atoms with Gasteiger partial charge in [-0.15, -0.1) is 11.6 Å². The van der Waals surface area contributed by atoms with Crippen molar-refractivity contribution in [3.8, 4) is 0 Å². The molecule has 14 heavy (non-hydrogen) atoms. The maximum Gasteiger partial charge on any atom is 0.269 e. The van der Waals surface area contributed by atoms with Gasteiger partial charge in [0.15, 0.2) is 0 Å². The van der Waals surface area contributed by atoms with Crippen molar-refractivity contribution in [1.29, 1.82) is 0 Å². The summed E-state index contributed by atoms with van der Waals surface area (Å²) < 4.78 is 0. The fourth-order valence-corrected chi connectivity index (χ4v) is 1.39. The number of H-pyrrole nitrogens is 1. The van der Waals surface area contributed by atoms with E-state index >= 15 is 0 Å². The zero-order valence-electron chi connectivity index (χ0n) is 8.09. The number of nitrogens with one attached hydrogen (secondary N) is 2. The van der Waals surface area contributed by atoms with Gasteiger partial charge >= 0.3 is 0 Å². The highest BCUT2D eigenvalue weighted by Crippen LogP contribution is 2.03. The summed E-state index contributed by atoms with van der Waals surface area (Å²) in [6.07, 6.45) is 3.47. The first-order chi connectivity index (χ1) is 6.74. The van der Waals surface area contributed by atoms with E-state index in [-0.39, 0.29) is 11.3 Å². The van der Waals surface area contributed by atoms with Crippen LogP contribution < -0.4 is 5.32 Å². The van der Waals surface area contributed by atoms with E-state index in [2.05, 4.69) is 22.4 Å². The summed E-state index contributed by atoms with van der Waals surface area (Å²) in [4.78, 5) is 11.4. The van der Waals surface area contributed by atoms with Gasteiger partial charge in [0.05, 0.1) is 5.38 Å². The lowest BCUT2D eigenvalue weighted by molar-refractivity contribution is 0.0948. The summed E-state index contributed by atoms with van der Waals surface area (Å²) >= 11 is 5.95. The second-order valence-corrected chi connectivity index (χ2v) is 3.68. The Labute approximate surface area is 88.0 Å². The van der Waals surface area contributed by atoms with E-state index in [9.17, 15) is 4.79 Å². The molecule has 0 aliphatic rings. The van der Waals surface area contributed by atoms with Crippen LogP contribution in [0.4, 0.5) is 0 Å². The number of halogens is 1. The molecule has 0 saturated heterocycles. The van der Waals surface area contributed by atoms with Gasteiger partial charge in [-0.2, -0.15) is 5.10 Å². The molecule has 1 aromatic heterocycles. The van der Waals surface area contributed by atoms with Crippen molar-refractivity contribution in [2.45, 2.75) is 25.1 Å². The van der Waals surface area contributed by atoms with Crippen LogP contribution in [0.3, 0.4) is 0 Å². The van der Waals surface area contributed by atoms with Crippen LogP contribution in [0.25, 0.3) is 0 Å². The lowest BCUT2D eigenvalue weighted by atomic mass is 10.2. The van der Waals surface area contributed by atoms with Crippen LogP contribution in [0, 0.1) is 0 Å². The minimum atomic E-state index is -0.163. The monoisotopic (exact) mass is 215 g/mol. The number of aromatic amines is 1. The first-order valence-electron chi connectivity index (χ1n) is 4.65. The molecule has 0 aliphatic heterocycles. The third-order valence-corrected chi connectivity index (χ3v) is 2.20. The van der Waals surface area contributed by atoms with Gasteiger partial charge in [0, 0.05) is 12.7 Å². The Morgan fingerprint density at radius 3 is 3.14 bits per heavy atom. The third kappa shape index (κ3) is 3.38. The molecule has 2 N–H and O–H groups in total. The molecule has 1 aromatic rings. The molecule has 0 aromatic carbocycles. The van der Waals surface area contributed by atoms with Crippen LogP contribution in [0.5, 0.6) is 0 Å². The zero-order chi connectivity index (χ0) is 10.4. The van der Waals surface area contributed by atoms with Crippen LogP contribution in [-0.4, -0.2) is 28.0 Å². The average Bonchev–Trinajstić information content (AvgIpc) is 2.67. The standard InChI is InChI=1S/C9H14ClN3O/c1-2-3-7(10)6-11-9(14)8-4-5-12-13-8/h4-5,7H,2-3,6H2,1H3,(H,11,14)(H,12,13). The quantitative estimate of drug-likeness (QED) is 0.733. The van der Waals surface area contributed by atoms with Gasteiger partial charge < -0.3 is 5.32 Å². The first kappa shape index (κ1) is 11.0. The number of alkyl halides is 1. The molecule has 0 bridgehead atoms. The molecule has 1 amide bonds. The molecule has 0 aliphatic carbocycles. The molecule has 0 fully saturated rings. The minimum absolute atomic E-state index is 0.00636. The Bertz CT molecular complexity index is 274. The maximum atomic E-state index is 11.4. The molecule has 0 spiro atoms. The van der Waals surface area contributed by atoms with Crippen LogP contribution in [0.1, 0.15) is 30.3 Å². The summed E-state index contributed by atoms with van der Waals surface area (Å²) in [5, 5.41) is 9.01. The van der Waals surface area contributed by atoms with Crippen molar-refractivity contribution >= 4 is 17.5 Å². The first-order valence-corrected chi connectivity index (χ1v) is 5.09. The van der Waals surface area contributed by atoms with E-state index in [1.807, 2.05) is 0 Å². The predicted molar refractivity (Wildman–Crippen MR) is 55.5 cm³/mol. The molecule has 1 rings (SSSR count). The lowest BCUT2D eigenvalue weighted by Gasteiger charge is -2.08. The van der Waals surface area contributed by atoms with E-state index in [0.29, 0.717) is 12.2 Å². The van der Waals surface area contributed by atoms with E-state index in [4.69, 9.17) is 11.6 Å². The number of carbonyl (C=O) groups is 1. The predicted octanol–water partition coefficient (Wildman–Crippen LogP) is 1.55. The van der Waals surface area contributed by atoms with E-state index < -0.39 is 0 Å². The fraction of sp³-hybridized carbons (Fsp3) is 0.556. The highest BCUT2D eigenvalue weighted by Gasteiger charge is 2.08. The molecule has 5 heteroatoms. The summed E-state index contributed by atoms with van der Waals surface area (Å²) in [7, 11) is 0. The van der Waals surface area contributed by atoms with Crippen molar-refractivity contribution in [2.75, 3.05) is 6.54 Å². The Morgan fingerprint density at radius 1 is 1.79 bits per heavy atom. The van der Waals surface area contributed by atoms with Gasteiger partial charge in [-0.05, 0) is 12.5 Å². The number of amides is 1. The van der Waals surface area contributed by atoms with Gasteiger partial charge in [0.25, 0.3) is 5.91 Å². The Kier molecular flexibility index (Phi) is 4.46. The molecule has 1 atom stereocenters. The van der Waals surface area contributed by atoms with Crippen molar-refractivity contribution in [1.82, 2.24) is 15.5 Å². The SMILES string of the molecule is CCCC(Cl)CNC(=O)c1ccn[nH]1. The second kappa shape index (κ2) is 5.65.